The molecular weight excluding hydrogens is 372 g/mol. The van der Waals surface area contributed by atoms with Gasteiger partial charge in [0.2, 0.25) is 0 Å². The van der Waals surface area contributed by atoms with E-state index in [9.17, 15) is 9.59 Å². The first kappa shape index (κ1) is 20.3. The third-order valence-electron chi connectivity index (χ3n) is 4.28. The summed E-state index contributed by atoms with van der Waals surface area (Å²) < 4.78 is 17.9. The number of hydrogen-bond acceptors (Lipinski definition) is 5. The van der Waals surface area contributed by atoms with Gasteiger partial charge in [-0.25, -0.2) is 4.79 Å². The highest BCUT2D eigenvalue weighted by Crippen LogP contribution is 2.21. The molecule has 29 heavy (non-hydrogen) atoms. The summed E-state index contributed by atoms with van der Waals surface area (Å²) in [6.45, 7) is 2.80. The molecule has 0 saturated heterocycles. The zero-order chi connectivity index (χ0) is 20.6. The van der Waals surface area contributed by atoms with Gasteiger partial charge in [-0.15, -0.1) is 0 Å². The van der Waals surface area contributed by atoms with Gasteiger partial charge in [-0.1, -0.05) is 18.2 Å². The van der Waals surface area contributed by atoms with Crippen LogP contribution in [0.5, 0.6) is 11.5 Å². The molecule has 0 saturated carbocycles. The van der Waals surface area contributed by atoms with Gasteiger partial charge >= 0.3 is 5.97 Å². The molecule has 3 aromatic rings. The van der Waals surface area contributed by atoms with E-state index in [1.54, 1.807) is 18.3 Å². The molecule has 0 fully saturated rings. The summed E-state index contributed by atoms with van der Waals surface area (Å²) in [6, 6.07) is 14.8. The van der Waals surface area contributed by atoms with Crippen LogP contribution in [-0.4, -0.2) is 42.8 Å². The number of benzene rings is 2. The molecule has 7 heteroatoms. The molecule has 0 spiro atoms. The average Bonchev–Trinajstić information content (AvgIpc) is 3.08. The number of amides is 1. The van der Waals surface area contributed by atoms with Gasteiger partial charge in [-0.2, -0.15) is 0 Å². The van der Waals surface area contributed by atoms with Gasteiger partial charge < -0.3 is 24.1 Å². The summed E-state index contributed by atoms with van der Waals surface area (Å²) in [4.78, 5) is 24.2. The van der Waals surface area contributed by atoms with Crippen molar-refractivity contribution in [2.45, 2.75) is 6.92 Å². The van der Waals surface area contributed by atoms with E-state index in [-0.39, 0.29) is 12.5 Å². The lowest BCUT2D eigenvalue weighted by atomic mass is 10.2. The fraction of sp³-hybridized carbons (Fsp3) is 0.273. The molecule has 0 unspecified atom stereocenters. The third kappa shape index (κ3) is 5.28. The first-order valence-corrected chi connectivity index (χ1v) is 9.42. The van der Waals surface area contributed by atoms with Crippen LogP contribution in [0, 0.1) is 0 Å². The smallest absolute Gasteiger partial charge is 0.340 e. The topological polar surface area (TPSA) is 78.8 Å². The Morgan fingerprint density at radius 1 is 1.00 bits per heavy atom. The fourth-order valence-electron chi connectivity index (χ4n) is 2.92. The molecular formula is C22H24N2O5. The van der Waals surface area contributed by atoms with Gasteiger partial charge in [-0.05, 0) is 37.3 Å². The number of para-hydroxylation sites is 1. The van der Waals surface area contributed by atoms with Crippen molar-refractivity contribution in [3.8, 4) is 11.5 Å². The van der Waals surface area contributed by atoms with Crippen LogP contribution in [0.4, 0.5) is 0 Å². The first-order valence-electron chi connectivity index (χ1n) is 9.42. The molecule has 152 valence electrons. The second-order valence-electron chi connectivity index (χ2n) is 6.35. The van der Waals surface area contributed by atoms with Gasteiger partial charge in [0.25, 0.3) is 5.91 Å². The number of carbonyl (C=O) groups is 2. The minimum absolute atomic E-state index is 0.303. The van der Waals surface area contributed by atoms with E-state index in [2.05, 4.69) is 5.32 Å². The molecule has 0 radical (unpaired) electrons. The Hall–Kier alpha value is -3.48. The lowest BCUT2D eigenvalue weighted by Crippen LogP contribution is -2.32. The zero-order valence-electron chi connectivity index (χ0n) is 16.5. The largest absolute Gasteiger partial charge is 0.494 e. The van der Waals surface area contributed by atoms with E-state index < -0.39 is 5.97 Å². The minimum Gasteiger partial charge on any atom is -0.494 e. The minimum atomic E-state index is -0.525. The summed E-state index contributed by atoms with van der Waals surface area (Å²) in [5, 5.41) is 3.46. The van der Waals surface area contributed by atoms with Crippen molar-refractivity contribution >= 4 is 22.8 Å². The average molecular weight is 396 g/mol. The first-order chi connectivity index (χ1) is 14.1. The van der Waals surface area contributed by atoms with E-state index in [1.165, 1.54) is 0 Å². The van der Waals surface area contributed by atoms with Gasteiger partial charge in [-0.3, -0.25) is 4.79 Å². The van der Waals surface area contributed by atoms with Crippen molar-refractivity contribution in [2.75, 3.05) is 26.4 Å². The van der Waals surface area contributed by atoms with E-state index in [0.29, 0.717) is 31.1 Å². The standard InChI is InChI=1S/C22H24N2O5/c1-3-27-16-8-10-17(11-9-16)28-13-12-23-21(25)15-29-22(26)19-14-24(2)20-7-5-4-6-18(19)20/h4-11,14H,3,12-13,15H2,1-2H3,(H,23,25). The number of carbonyl (C=O) groups excluding carboxylic acids is 2. The maximum atomic E-state index is 12.3. The number of aromatic nitrogens is 1. The normalized spacial score (nSPS) is 10.6. The Morgan fingerprint density at radius 3 is 2.41 bits per heavy atom. The molecule has 0 aliphatic heterocycles. The number of nitrogens with zero attached hydrogens (tertiary/aromatic N) is 1. The van der Waals surface area contributed by atoms with Crippen LogP contribution in [-0.2, 0) is 16.6 Å². The highest BCUT2D eigenvalue weighted by Gasteiger charge is 2.16. The number of aryl methyl sites for hydroxylation is 1. The number of ether oxygens (including phenoxy) is 3. The second-order valence-corrected chi connectivity index (χ2v) is 6.35. The van der Waals surface area contributed by atoms with E-state index in [0.717, 1.165) is 16.7 Å². The van der Waals surface area contributed by atoms with E-state index in [4.69, 9.17) is 14.2 Å². The van der Waals surface area contributed by atoms with Crippen molar-refractivity contribution in [1.29, 1.82) is 0 Å². The Morgan fingerprint density at radius 2 is 1.69 bits per heavy atom. The Kier molecular flexibility index (Phi) is 6.73. The molecule has 1 aromatic heterocycles. The summed E-state index contributed by atoms with van der Waals surface area (Å²) in [5.74, 6) is 0.558. The summed E-state index contributed by atoms with van der Waals surface area (Å²) in [5.41, 5.74) is 1.37. The monoisotopic (exact) mass is 396 g/mol. The molecule has 7 nitrogen and oxygen atoms in total. The van der Waals surface area contributed by atoms with Crippen molar-refractivity contribution in [2.24, 2.45) is 7.05 Å². The van der Waals surface area contributed by atoms with Crippen LogP contribution >= 0.6 is 0 Å². The Bertz CT molecular complexity index is 979. The van der Waals surface area contributed by atoms with Crippen molar-refractivity contribution in [1.82, 2.24) is 9.88 Å². The highest BCUT2D eigenvalue weighted by atomic mass is 16.5. The van der Waals surface area contributed by atoms with E-state index >= 15 is 0 Å². The molecule has 2 aromatic carbocycles. The van der Waals surface area contributed by atoms with Gasteiger partial charge in [0, 0.05) is 24.1 Å². The molecule has 0 aliphatic carbocycles. The molecule has 0 bridgehead atoms. The lowest BCUT2D eigenvalue weighted by Gasteiger charge is -2.09. The van der Waals surface area contributed by atoms with Crippen molar-refractivity contribution in [3.05, 3.63) is 60.3 Å². The Labute approximate surface area is 169 Å². The van der Waals surface area contributed by atoms with Crippen LogP contribution in [0.25, 0.3) is 10.9 Å². The molecule has 3 rings (SSSR count). The van der Waals surface area contributed by atoms with Gasteiger partial charge in [0.15, 0.2) is 6.61 Å². The molecule has 0 aliphatic rings. The number of hydrogen-bond donors (Lipinski definition) is 1. The van der Waals surface area contributed by atoms with Crippen LogP contribution in [0.3, 0.4) is 0 Å². The lowest BCUT2D eigenvalue weighted by molar-refractivity contribution is -0.124. The summed E-state index contributed by atoms with van der Waals surface area (Å²) >= 11 is 0. The Balaban J connectivity index is 1.40. The predicted molar refractivity (Wildman–Crippen MR) is 109 cm³/mol. The van der Waals surface area contributed by atoms with Crippen molar-refractivity contribution in [3.63, 3.8) is 0 Å². The zero-order valence-corrected chi connectivity index (χ0v) is 16.5. The number of rotatable bonds is 9. The summed E-state index contributed by atoms with van der Waals surface area (Å²) in [7, 11) is 1.86. The summed E-state index contributed by atoms with van der Waals surface area (Å²) in [6.07, 6.45) is 1.70. The van der Waals surface area contributed by atoms with Gasteiger partial charge in [0.05, 0.1) is 18.7 Å². The highest BCUT2D eigenvalue weighted by molar-refractivity contribution is 6.04. The SMILES string of the molecule is CCOc1ccc(OCCNC(=O)COC(=O)c2cn(C)c3ccccc23)cc1. The number of nitrogens with one attached hydrogen (secondary N) is 1. The molecule has 1 N–H and O–H groups in total. The number of esters is 1. The third-order valence-corrected chi connectivity index (χ3v) is 4.28. The molecule has 0 atom stereocenters. The fourth-order valence-corrected chi connectivity index (χ4v) is 2.92. The quantitative estimate of drug-likeness (QED) is 0.444. The maximum Gasteiger partial charge on any atom is 0.340 e. The predicted octanol–water partition coefficient (Wildman–Crippen LogP) is 2.93. The van der Waals surface area contributed by atoms with Crippen LogP contribution in [0.2, 0.25) is 0 Å². The molecule has 1 amide bonds. The second kappa shape index (κ2) is 9.64. The molecule has 1 heterocycles. The van der Waals surface area contributed by atoms with Crippen LogP contribution in [0.1, 0.15) is 17.3 Å². The maximum absolute atomic E-state index is 12.3. The van der Waals surface area contributed by atoms with Gasteiger partial charge in [0.1, 0.15) is 18.1 Å². The number of fused-ring (bicyclic) bond motifs is 1. The van der Waals surface area contributed by atoms with Crippen LogP contribution < -0.4 is 14.8 Å². The van der Waals surface area contributed by atoms with Crippen molar-refractivity contribution < 1.29 is 23.8 Å². The van der Waals surface area contributed by atoms with E-state index in [1.807, 2.05) is 54.9 Å². The van der Waals surface area contributed by atoms with Crippen LogP contribution in [0.15, 0.2) is 54.7 Å².